The van der Waals surface area contributed by atoms with Crippen LogP contribution in [0.4, 0.5) is 5.69 Å². The van der Waals surface area contributed by atoms with Gasteiger partial charge in [-0.25, -0.2) is 4.99 Å². The Balaban J connectivity index is 2.00. The summed E-state index contributed by atoms with van der Waals surface area (Å²) >= 11 is 0. The van der Waals surface area contributed by atoms with Gasteiger partial charge in [-0.15, -0.1) is 0 Å². The molecule has 1 aromatic carbocycles. The topological polar surface area (TPSA) is 51.3 Å². The summed E-state index contributed by atoms with van der Waals surface area (Å²) in [5, 5.41) is 1.08. The van der Waals surface area contributed by atoms with Crippen LogP contribution in [0.25, 0.3) is 10.9 Å². The molecule has 0 amide bonds. The Kier molecular flexibility index (Phi) is 3.68. The molecule has 0 unspecified atom stereocenters. The Hall–Kier alpha value is -1.90. The number of rotatable bonds is 2. The first-order valence-electron chi connectivity index (χ1n) is 7.44. The third kappa shape index (κ3) is 2.67. The van der Waals surface area contributed by atoms with Crippen LogP contribution in [0.5, 0.6) is 0 Å². The minimum atomic E-state index is 0.455. The first-order chi connectivity index (χ1) is 9.74. The summed E-state index contributed by atoms with van der Waals surface area (Å²) in [5.74, 6) is 1.25. The Bertz CT molecular complexity index is 640. The molecule has 3 heteroatoms. The molecule has 104 valence electrons. The number of nitrogens with zero attached hydrogens (tertiary/aromatic N) is 2. The predicted molar refractivity (Wildman–Crippen MR) is 84.3 cm³/mol. The Morgan fingerprint density at radius 3 is 2.75 bits per heavy atom. The quantitative estimate of drug-likeness (QED) is 0.657. The summed E-state index contributed by atoms with van der Waals surface area (Å²) in [7, 11) is 0. The van der Waals surface area contributed by atoms with Gasteiger partial charge in [0.05, 0.1) is 11.2 Å². The van der Waals surface area contributed by atoms with Crippen molar-refractivity contribution >= 4 is 22.4 Å². The summed E-state index contributed by atoms with van der Waals surface area (Å²) in [6.45, 7) is 2.00. The van der Waals surface area contributed by atoms with Gasteiger partial charge in [0.15, 0.2) is 0 Å². The number of hydrogen-bond donors (Lipinski definition) is 1. The third-order valence-corrected chi connectivity index (χ3v) is 4.10. The first-order valence-corrected chi connectivity index (χ1v) is 7.44. The van der Waals surface area contributed by atoms with Gasteiger partial charge in [-0.3, -0.25) is 4.98 Å². The van der Waals surface area contributed by atoms with Crippen molar-refractivity contribution in [3.8, 4) is 0 Å². The van der Waals surface area contributed by atoms with Crippen LogP contribution in [0.1, 0.15) is 37.8 Å². The second kappa shape index (κ2) is 5.61. The molecular formula is C17H21N3. The second-order valence-corrected chi connectivity index (χ2v) is 5.67. The third-order valence-electron chi connectivity index (χ3n) is 4.10. The molecule has 1 heterocycles. The highest BCUT2D eigenvalue weighted by atomic mass is 14.9. The van der Waals surface area contributed by atoms with Gasteiger partial charge in [0, 0.05) is 17.0 Å². The van der Waals surface area contributed by atoms with Crippen LogP contribution in [-0.4, -0.2) is 10.8 Å². The van der Waals surface area contributed by atoms with Gasteiger partial charge in [0.2, 0.25) is 0 Å². The number of para-hydroxylation sites is 1. The molecule has 3 rings (SSSR count). The molecule has 0 bridgehead atoms. The van der Waals surface area contributed by atoms with E-state index in [0.717, 1.165) is 28.1 Å². The number of pyridine rings is 1. The van der Waals surface area contributed by atoms with Crippen LogP contribution in [-0.2, 0) is 0 Å². The molecule has 0 radical (unpaired) electrons. The summed E-state index contributed by atoms with van der Waals surface area (Å²) < 4.78 is 0. The molecule has 0 aliphatic heterocycles. The number of fused-ring (bicyclic) bond motifs is 1. The Morgan fingerprint density at radius 2 is 1.95 bits per heavy atom. The lowest BCUT2D eigenvalue weighted by Crippen LogP contribution is -2.25. The lowest BCUT2D eigenvalue weighted by molar-refractivity contribution is 0.437. The molecule has 1 saturated carbocycles. The zero-order chi connectivity index (χ0) is 13.9. The Morgan fingerprint density at radius 1 is 1.20 bits per heavy atom. The van der Waals surface area contributed by atoms with E-state index in [1.54, 1.807) is 0 Å². The average Bonchev–Trinajstić information content (AvgIpc) is 2.48. The predicted octanol–water partition coefficient (Wildman–Crippen LogP) is 4.11. The molecule has 2 N–H and O–H groups in total. The van der Waals surface area contributed by atoms with E-state index in [4.69, 9.17) is 10.7 Å². The van der Waals surface area contributed by atoms with Crippen LogP contribution < -0.4 is 5.73 Å². The fourth-order valence-electron chi connectivity index (χ4n) is 3.01. The van der Waals surface area contributed by atoms with Crippen molar-refractivity contribution in [2.45, 2.75) is 39.0 Å². The number of amidine groups is 1. The van der Waals surface area contributed by atoms with Crippen LogP contribution in [0, 0.1) is 12.8 Å². The maximum Gasteiger partial charge on any atom is 0.103 e. The van der Waals surface area contributed by atoms with E-state index < -0.39 is 0 Å². The number of hydrogen-bond acceptors (Lipinski definition) is 2. The highest BCUT2D eigenvalue weighted by Gasteiger charge is 2.17. The Labute approximate surface area is 119 Å². The molecule has 1 aliphatic carbocycles. The molecule has 20 heavy (non-hydrogen) atoms. The number of aromatic nitrogens is 1. The first kappa shape index (κ1) is 13.1. The smallest absolute Gasteiger partial charge is 0.103 e. The summed E-state index contributed by atoms with van der Waals surface area (Å²) in [6, 6.07) is 10.1. The molecule has 1 aromatic heterocycles. The summed E-state index contributed by atoms with van der Waals surface area (Å²) in [5.41, 5.74) is 9.18. The molecule has 0 spiro atoms. The monoisotopic (exact) mass is 267 g/mol. The van der Waals surface area contributed by atoms with E-state index in [1.807, 2.05) is 31.2 Å². The van der Waals surface area contributed by atoms with E-state index >= 15 is 0 Å². The van der Waals surface area contributed by atoms with E-state index in [2.05, 4.69) is 11.1 Å². The van der Waals surface area contributed by atoms with Crippen LogP contribution in [0.3, 0.4) is 0 Å². The van der Waals surface area contributed by atoms with E-state index in [-0.39, 0.29) is 0 Å². The van der Waals surface area contributed by atoms with Gasteiger partial charge < -0.3 is 5.73 Å². The summed E-state index contributed by atoms with van der Waals surface area (Å²) in [4.78, 5) is 9.27. The highest BCUT2D eigenvalue weighted by Crippen LogP contribution is 2.28. The molecule has 1 aliphatic rings. The van der Waals surface area contributed by atoms with Gasteiger partial charge in [-0.2, -0.15) is 0 Å². The fourth-order valence-corrected chi connectivity index (χ4v) is 3.01. The highest BCUT2D eigenvalue weighted by molar-refractivity contribution is 5.94. The summed E-state index contributed by atoms with van der Waals surface area (Å²) in [6.07, 6.45) is 6.24. The normalized spacial score (nSPS) is 17.6. The average molecular weight is 267 g/mol. The minimum absolute atomic E-state index is 0.455. The van der Waals surface area contributed by atoms with E-state index in [9.17, 15) is 0 Å². The van der Waals surface area contributed by atoms with E-state index in [0.29, 0.717) is 5.92 Å². The fraction of sp³-hybridized carbons (Fsp3) is 0.412. The van der Waals surface area contributed by atoms with Gasteiger partial charge in [-0.1, -0.05) is 37.5 Å². The standard InChI is InChI=1S/C17H21N3/c1-12-11-16(14-9-5-6-10-15(14)19-12)20-17(18)13-7-3-2-4-8-13/h5-6,9-11,13H,2-4,7-8H2,1H3,(H2,18,19,20). The number of aliphatic imine (C=N–C) groups is 1. The molecular weight excluding hydrogens is 246 g/mol. The van der Waals surface area contributed by atoms with Crippen molar-refractivity contribution in [3.63, 3.8) is 0 Å². The molecule has 3 nitrogen and oxygen atoms in total. The maximum absolute atomic E-state index is 6.25. The van der Waals surface area contributed by atoms with Gasteiger partial charge in [0.25, 0.3) is 0 Å². The van der Waals surface area contributed by atoms with Crippen molar-refractivity contribution < 1.29 is 0 Å². The van der Waals surface area contributed by atoms with Crippen molar-refractivity contribution in [3.05, 3.63) is 36.0 Å². The van der Waals surface area contributed by atoms with Gasteiger partial charge in [0.1, 0.15) is 5.84 Å². The van der Waals surface area contributed by atoms with Crippen molar-refractivity contribution in [1.29, 1.82) is 0 Å². The molecule has 2 aromatic rings. The van der Waals surface area contributed by atoms with Crippen LogP contribution in [0.15, 0.2) is 35.3 Å². The van der Waals surface area contributed by atoms with Gasteiger partial charge in [-0.05, 0) is 31.9 Å². The molecule has 0 atom stereocenters. The zero-order valence-electron chi connectivity index (χ0n) is 12.0. The van der Waals surface area contributed by atoms with E-state index in [1.165, 1.54) is 32.1 Å². The van der Waals surface area contributed by atoms with Crippen LogP contribution in [0.2, 0.25) is 0 Å². The second-order valence-electron chi connectivity index (χ2n) is 5.67. The minimum Gasteiger partial charge on any atom is -0.387 e. The lowest BCUT2D eigenvalue weighted by atomic mass is 9.88. The van der Waals surface area contributed by atoms with Gasteiger partial charge >= 0.3 is 0 Å². The SMILES string of the molecule is Cc1cc(N=C(N)C2CCCCC2)c2ccccc2n1. The zero-order valence-corrected chi connectivity index (χ0v) is 12.0. The maximum atomic E-state index is 6.25. The lowest BCUT2D eigenvalue weighted by Gasteiger charge is -2.21. The number of benzene rings is 1. The van der Waals surface area contributed by atoms with Crippen molar-refractivity contribution in [1.82, 2.24) is 4.98 Å². The molecule has 0 saturated heterocycles. The van der Waals surface area contributed by atoms with Crippen LogP contribution >= 0.6 is 0 Å². The largest absolute Gasteiger partial charge is 0.387 e. The number of nitrogens with two attached hydrogens (primary N) is 1. The van der Waals surface area contributed by atoms with Crippen molar-refractivity contribution in [2.75, 3.05) is 0 Å². The number of aryl methyl sites for hydroxylation is 1. The molecule has 1 fully saturated rings. The van der Waals surface area contributed by atoms with Crippen molar-refractivity contribution in [2.24, 2.45) is 16.6 Å².